The molecule has 0 spiro atoms. The number of hydrogen-bond donors (Lipinski definition) is 0. The van der Waals surface area contributed by atoms with Crippen molar-refractivity contribution in [1.82, 2.24) is 0 Å². The largest absolute Gasteiger partial charge is 0.374 e. The quantitative estimate of drug-likeness (QED) is 0.527. The molecular formula is C8H16O. The summed E-state index contributed by atoms with van der Waals surface area (Å²) in [6.45, 7) is 10.6. The van der Waals surface area contributed by atoms with Crippen LogP contribution in [0, 0.1) is 5.92 Å². The minimum Gasteiger partial charge on any atom is -0.374 e. The van der Waals surface area contributed by atoms with E-state index in [-0.39, 0.29) is 0 Å². The van der Waals surface area contributed by atoms with Crippen molar-refractivity contribution < 1.29 is 4.74 Å². The van der Waals surface area contributed by atoms with Gasteiger partial charge in [0.15, 0.2) is 0 Å². The first-order valence-corrected chi connectivity index (χ1v) is 3.41. The Morgan fingerprint density at radius 1 is 1.44 bits per heavy atom. The molecule has 1 unspecified atom stereocenters. The molecule has 0 fully saturated rings. The third-order valence-electron chi connectivity index (χ3n) is 1.42. The van der Waals surface area contributed by atoms with Gasteiger partial charge >= 0.3 is 0 Å². The maximum absolute atomic E-state index is 5.33. The molecule has 0 bridgehead atoms. The smallest absolute Gasteiger partial charge is 0.0648 e. The van der Waals surface area contributed by atoms with Gasteiger partial charge in [0.05, 0.1) is 12.7 Å². The summed E-state index contributed by atoms with van der Waals surface area (Å²) in [5.41, 5.74) is 0. The minimum atomic E-state index is 0.350. The van der Waals surface area contributed by atoms with E-state index in [1.807, 2.05) is 0 Å². The molecular weight excluding hydrogens is 112 g/mol. The highest BCUT2D eigenvalue weighted by atomic mass is 16.5. The van der Waals surface area contributed by atoms with E-state index in [0.717, 1.165) is 0 Å². The summed E-state index contributed by atoms with van der Waals surface area (Å²) in [5.74, 6) is 0.602. The normalized spacial score (nSPS) is 13.8. The van der Waals surface area contributed by atoms with Crippen LogP contribution in [0.15, 0.2) is 12.7 Å². The third-order valence-corrected chi connectivity index (χ3v) is 1.42. The van der Waals surface area contributed by atoms with Crippen molar-refractivity contribution in [3.8, 4) is 0 Å². The number of hydrogen-bond acceptors (Lipinski definition) is 1. The van der Waals surface area contributed by atoms with Crippen molar-refractivity contribution in [3.05, 3.63) is 12.7 Å². The van der Waals surface area contributed by atoms with Gasteiger partial charge in [-0.3, -0.25) is 0 Å². The second-order valence-electron chi connectivity index (χ2n) is 2.57. The lowest BCUT2D eigenvalue weighted by atomic mass is 10.1. The van der Waals surface area contributed by atoms with E-state index >= 15 is 0 Å². The molecule has 0 aliphatic carbocycles. The lowest BCUT2D eigenvalue weighted by Crippen LogP contribution is -2.14. The van der Waals surface area contributed by atoms with Crippen LogP contribution in [0.25, 0.3) is 0 Å². The van der Waals surface area contributed by atoms with Crippen LogP contribution in [-0.2, 0) is 4.74 Å². The molecule has 0 saturated carbocycles. The van der Waals surface area contributed by atoms with Gasteiger partial charge in [-0.15, -0.1) is 6.58 Å². The molecule has 0 N–H and O–H groups in total. The van der Waals surface area contributed by atoms with Gasteiger partial charge in [0.2, 0.25) is 0 Å². The molecule has 0 saturated heterocycles. The molecule has 1 heteroatoms. The highest BCUT2D eigenvalue weighted by Crippen LogP contribution is 2.03. The van der Waals surface area contributed by atoms with Crippen LogP contribution in [0.5, 0.6) is 0 Å². The third kappa shape index (κ3) is 4.22. The van der Waals surface area contributed by atoms with E-state index in [2.05, 4.69) is 27.4 Å². The lowest BCUT2D eigenvalue weighted by Gasteiger charge is -2.14. The van der Waals surface area contributed by atoms with Crippen molar-refractivity contribution in [2.45, 2.75) is 26.9 Å². The first-order chi connectivity index (χ1) is 4.18. The molecule has 0 aromatic rings. The van der Waals surface area contributed by atoms with Gasteiger partial charge in [0, 0.05) is 0 Å². The molecule has 0 rings (SSSR count). The van der Waals surface area contributed by atoms with Crippen LogP contribution in [0.1, 0.15) is 20.8 Å². The highest BCUT2D eigenvalue weighted by Gasteiger charge is 2.04. The zero-order valence-electron chi connectivity index (χ0n) is 6.55. The Labute approximate surface area is 57.7 Å². The van der Waals surface area contributed by atoms with Gasteiger partial charge in [-0.1, -0.05) is 19.9 Å². The van der Waals surface area contributed by atoms with E-state index in [1.165, 1.54) is 0 Å². The van der Waals surface area contributed by atoms with E-state index < -0.39 is 0 Å². The zero-order valence-corrected chi connectivity index (χ0v) is 6.55. The van der Waals surface area contributed by atoms with Crippen molar-refractivity contribution in [3.63, 3.8) is 0 Å². The average Bonchev–Trinajstić information content (AvgIpc) is 1.82. The SMILES string of the molecule is C=CCOC(C)C(C)C. The van der Waals surface area contributed by atoms with Crippen molar-refractivity contribution in [1.29, 1.82) is 0 Å². The van der Waals surface area contributed by atoms with Crippen molar-refractivity contribution >= 4 is 0 Å². The van der Waals surface area contributed by atoms with Gasteiger partial charge in [0.1, 0.15) is 0 Å². The maximum Gasteiger partial charge on any atom is 0.0648 e. The summed E-state index contributed by atoms with van der Waals surface area (Å²) in [5, 5.41) is 0. The predicted octanol–water partition coefficient (Wildman–Crippen LogP) is 2.23. The summed E-state index contributed by atoms with van der Waals surface area (Å²) >= 11 is 0. The number of ether oxygens (including phenoxy) is 1. The van der Waals surface area contributed by atoms with E-state index in [9.17, 15) is 0 Å². The average molecular weight is 128 g/mol. The molecule has 0 aliphatic rings. The Morgan fingerprint density at radius 3 is 2.33 bits per heavy atom. The van der Waals surface area contributed by atoms with E-state index in [1.54, 1.807) is 6.08 Å². The molecule has 9 heavy (non-hydrogen) atoms. The maximum atomic E-state index is 5.33. The Hall–Kier alpha value is -0.300. The van der Waals surface area contributed by atoms with Gasteiger partial charge in [-0.25, -0.2) is 0 Å². The molecule has 0 amide bonds. The second kappa shape index (κ2) is 4.57. The fourth-order valence-corrected chi connectivity index (χ4v) is 0.412. The highest BCUT2D eigenvalue weighted by molar-refractivity contribution is 4.66. The van der Waals surface area contributed by atoms with Crippen LogP contribution in [0.4, 0.5) is 0 Å². The molecule has 0 aromatic heterocycles. The van der Waals surface area contributed by atoms with Gasteiger partial charge in [0.25, 0.3) is 0 Å². The summed E-state index contributed by atoms with van der Waals surface area (Å²) < 4.78 is 5.33. The van der Waals surface area contributed by atoms with Gasteiger partial charge in [-0.05, 0) is 12.8 Å². The summed E-state index contributed by atoms with van der Waals surface area (Å²) in [7, 11) is 0. The molecule has 0 aromatic carbocycles. The Bertz CT molecular complexity index is 76.6. The minimum absolute atomic E-state index is 0.350. The standard InChI is InChI=1S/C8H16O/c1-5-6-9-8(4)7(2)3/h5,7-8H,1,6H2,2-4H3. The molecule has 1 atom stereocenters. The number of rotatable bonds is 4. The Morgan fingerprint density at radius 2 is 2.00 bits per heavy atom. The molecule has 0 aliphatic heterocycles. The summed E-state index contributed by atoms with van der Waals surface area (Å²) in [6.07, 6.45) is 2.13. The molecule has 0 heterocycles. The van der Waals surface area contributed by atoms with E-state index in [0.29, 0.717) is 18.6 Å². The van der Waals surface area contributed by atoms with Crippen molar-refractivity contribution in [2.24, 2.45) is 5.92 Å². The van der Waals surface area contributed by atoms with Crippen LogP contribution >= 0.6 is 0 Å². The van der Waals surface area contributed by atoms with Crippen LogP contribution < -0.4 is 0 Å². The van der Waals surface area contributed by atoms with Gasteiger partial charge < -0.3 is 4.74 Å². The predicted molar refractivity (Wildman–Crippen MR) is 40.4 cm³/mol. The van der Waals surface area contributed by atoms with Crippen LogP contribution in [0.2, 0.25) is 0 Å². The van der Waals surface area contributed by atoms with E-state index in [4.69, 9.17) is 4.74 Å². The fraction of sp³-hybridized carbons (Fsp3) is 0.750. The Balaban J connectivity index is 3.26. The first-order valence-electron chi connectivity index (χ1n) is 3.41. The van der Waals surface area contributed by atoms with Crippen molar-refractivity contribution in [2.75, 3.05) is 6.61 Å². The summed E-state index contributed by atoms with van der Waals surface area (Å²) in [4.78, 5) is 0. The second-order valence-corrected chi connectivity index (χ2v) is 2.57. The fourth-order valence-electron chi connectivity index (χ4n) is 0.412. The molecule has 54 valence electrons. The zero-order chi connectivity index (χ0) is 7.28. The topological polar surface area (TPSA) is 9.23 Å². The molecule has 1 nitrogen and oxygen atoms in total. The summed E-state index contributed by atoms with van der Waals surface area (Å²) in [6, 6.07) is 0. The van der Waals surface area contributed by atoms with Crippen LogP contribution in [-0.4, -0.2) is 12.7 Å². The van der Waals surface area contributed by atoms with Gasteiger partial charge in [-0.2, -0.15) is 0 Å². The monoisotopic (exact) mass is 128 g/mol. The Kier molecular flexibility index (Phi) is 4.41. The first kappa shape index (κ1) is 8.70. The van der Waals surface area contributed by atoms with Crippen LogP contribution in [0.3, 0.4) is 0 Å². The lowest BCUT2D eigenvalue weighted by molar-refractivity contribution is 0.0547. The molecule has 0 radical (unpaired) electrons.